The van der Waals surface area contributed by atoms with Gasteiger partial charge in [-0.05, 0) is 19.3 Å². The van der Waals surface area contributed by atoms with E-state index in [0.717, 1.165) is 38.5 Å². The maximum Gasteiger partial charge on any atom is 1.00 e. The Balaban J connectivity index is 0. The van der Waals surface area contributed by atoms with Crippen molar-refractivity contribution < 1.29 is 69.5 Å². The van der Waals surface area contributed by atoms with E-state index in [1.54, 1.807) is 0 Å². The molecule has 6 heteroatoms. The molecule has 1 N–H and O–H groups in total. The minimum atomic E-state index is -4.01. The first-order chi connectivity index (χ1) is 10.5. The summed E-state index contributed by atoms with van der Waals surface area (Å²) in [6.45, 7) is 2.02. The largest absolute Gasteiger partial charge is 1.00 e. The van der Waals surface area contributed by atoms with Gasteiger partial charge in [0.05, 0.1) is 16.2 Å². The monoisotopic (exact) mass is 374 g/mol. The molecule has 23 heavy (non-hydrogen) atoms. The normalized spacial score (nSPS) is 12.8. The number of hydrogen-bond acceptors (Lipinski definition) is 4. The molecule has 0 bridgehead atoms. The van der Waals surface area contributed by atoms with Gasteiger partial charge < -0.3 is 9.66 Å². The molecule has 1 atom stereocenters. The second-order valence-corrected chi connectivity index (χ2v) is 7.88. The molecule has 134 valence electrons. The maximum atomic E-state index is 10.4. The SMILES string of the molecule is CCC(O)CCCCCCCCCCCCCCS(=O)(=O)[O-].[K+]. The van der Waals surface area contributed by atoms with E-state index in [9.17, 15) is 18.1 Å². The van der Waals surface area contributed by atoms with Gasteiger partial charge in [0.1, 0.15) is 0 Å². The summed E-state index contributed by atoms with van der Waals surface area (Å²) in [6, 6.07) is 0. The van der Waals surface area contributed by atoms with Crippen LogP contribution in [0.25, 0.3) is 0 Å². The molecule has 0 aromatic carbocycles. The number of rotatable bonds is 16. The fourth-order valence-electron chi connectivity index (χ4n) is 2.63. The predicted octanol–water partition coefficient (Wildman–Crippen LogP) is 1.38. The smallest absolute Gasteiger partial charge is 0.748 e. The molecule has 1 unspecified atom stereocenters. The maximum absolute atomic E-state index is 10.4. The van der Waals surface area contributed by atoms with E-state index in [2.05, 4.69) is 0 Å². The van der Waals surface area contributed by atoms with Gasteiger partial charge in [0.15, 0.2) is 0 Å². The topological polar surface area (TPSA) is 77.4 Å². The molecule has 0 aliphatic rings. The molecule has 0 rings (SSSR count). The van der Waals surface area contributed by atoms with Crippen LogP contribution >= 0.6 is 0 Å². The van der Waals surface area contributed by atoms with Gasteiger partial charge in [-0.2, -0.15) is 0 Å². The third-order valence-corrected chi connectivity index (χ3v) is 4.94. The van der Waals surface area contributed by atoms with Gasteiger partial charge in [-0.3, -0.25) is 0 Å². The third kappa shape index (κ3) is 23.5. The van der Waals surface area contributed by atoms with Crippen molar-refractivity contribution in [2.24, 2.45) is 0 Å². The minimum absolute atomic E-state index is 0. The average Bonchev–Trinajstić information content (AvgIpc) is 2.46. The van der Waals surface area contributed by atoms with Crippen LogP contribution in [-0.2, 0) is 10.1 Å². The number of aliphatic hydroxyl groups is 1. The molecule has 0 aromatic rings. The van der Waals surface area contributed by atoms with Crippen LogP contribution < -0.4 is 51.4 Å². The van der Waals surface area contributed by atoms with Crippen LogP contribution in [0.1, 0.15) is 96.8 Å². The first-order valence-electron chi connectivity index (χ1n) is 9.07. The molecule has 0 saturated heterocycles. The van der Waals surface area contributed by atoms with Gasteiger partial charge >= 0.3 is 51.4 Å². The second kappa shape index (κ2) is 18.3. The van der Waals surface area contributed by atoms with Gasteiger partial charge in [0.2, 0.25) is 0 Å². The van der Waals surface area contributed by atoms with Crippen molar-refractivity contribution in [2.75, 3.05) is 5.75 Å². The molecule has 0 aromatic heterocycles. The van der Waals surface area contributed by atoms with Crippen molar-refractivity contribution >= 4 is 10.1 Å². The predicted molar refractivity (Wildman–Crippen MR) is 90.9 cm³/mol. The summed E-state index contributed by atoms with van der Waals surface area (Å²) in [4.78, 5) is 0. The summed E-state index contributed by atoms with van der Waals surface area (Å²) in [7, 11) is -4.01. The van der Waals surface area contributed by atoms with Crippen molar-refractivity contribution in [1.29, 1.82) is 0 Å². The Kier molecular flexibility index (Phi) is 21.3. The van der Waals surface area contributed by atoms with Crippen LogP contribution in [-0.4, -0.2) is 29.9 Å². The van der Waals surface area contributed by atoms with Crippen molar-refractivity contribution in [2.45, 2.75) is 103 Å². The number of aliphatic hydroxyl groups excluding tert-OH is 1. The Hall–Kier alpha value is 1.51. The molecule has 0 saturated carbocycles. The van der Waals surface area contributed by atoms with Crippen LogP contribution in [0.4, 0.5) is 0 Å². The third-order valence-electron chi connectivity index (χ3n) is 4.15. The van der Waals surface area contributed by atoms with Crippen molar-refractivity contribution in [1.82, 2.24) is 0 Å². The summed E-state index contributed by atoms with van der Waals surface area (Å²) in [5, 5.41) is 9.43. The fraction of sp³-hybridized carbons (Fsp3) is 1.00. The van der Waals surface area contributed by atoms with E-state index in [-0.39, 0.29) is 63.2 Å². The van der Waals surface area contributed by atoms with Gasteiger partial charge in [-0.1, -0.05) is 77.6 Å². The minimum Gasteiger partial charge on any atom is -0.748 e. The Morgan fingerprint density at radius 1 is 0.783 bits per heavy atom. The van der Waals surface area contributed by atoms with Gasteiger partial charge in [-0.15, -0.1) is 0 Å². The molecule has 0 spiro atoms. The molecule has 0 amide bonds. The molecule has 0 aliphatic carbocycles. The van der Waals surface area contributed by atoms with Crippen LogP contribution in [0.2, 0.25) is 0 Å². The molecule has 4 nitrogen and oxygen atoms in total. The zero-order chi connectivity index (χ0) is 16.7. The standard InChI is InChI=1S/C17H36O4S.K/c1-2-17(18)15-13-11-9-7-5-3-4-6-8-10-12-14-16-22(19,20)21;/h17-18H,2-16H2,1H3,(H,19,20,21);/q;+1/p-1. The van der Waals surface area contributed by atoms with Crippen molar-refractivity contribution in [3.05, 3.63) is 0 Å². The van der Waals surface area contributed by atoms with Crippen LogP contribution in [0.5, 0.6) is 0 Å². The van der Waals surface area contributed by atoms with Crippen molar-refractivity contribution in [3.63, 3.8) is 0 Å². The zero-order valence-corrected chi connectivity index (χ0v) is 19.2. The zero-order valence-electron chi connectivity index (χ0n) is 15.3. The Labute approximate surface area is 186 Å². The van der Waals surface area contributed by atoms with Crippen molar-refractivity contribution in [3.8, 4) is 0 Å². The molecule has 0 radical (unpaired) electrons. The molecule has 0 aliphatic heterocycles. The van der Waals surface area contributed by atoms with E-state index in [4.69, 9.17) is 0 Å². The van der Waals surface area contributed by atoms with Gasteiger partial charge in [0.25, 0.3) is 0 Å². The summed E-state index contributed by atoms with van der Waals surface area (Å²) < 4.78 is 31.2. The number of unbranched alkanes of at least 4 members (excludes halogenated alkanes) is 11. The van der Waals surface area contributed by atoms with E-state index in [0.29, 0.717) is 6.42 Å². The Bertz CT molecular complexity index is 333. The molecular weight excluding hydrogens is 339 g/mol. The second-order valence-electron chi connectivity index (χ2n) is 6.36. The summed E-state index contributed by atoms with van der Waals surface area (Å²) in [5.41, 5.74) is 0. The van der Waals surface area contributed by atoms with E-state index in [1.807, 2.05) is 6.92 Å². The summed E-state index contributed by atoms with van der Waals surface area (Å²) >= 11 is 0. The van der Waals surface area contributed by atoms with Gasteiger partial charge in [-0.25, -0.2) is 8.42 Å². The van der Waals surface area contributed by atoms with Crippen LogP contribution in [0, 0.1) is 0 Å². The van der Waals surface area contributed by atoms with E-state index < -0.39 is 10.1 Å². The molecule has 0 fully saturated rings. The average molecular weight is 375 g/mol. The Morgan fingerprint density at radius 3 is 1.48 bits per heavy atom. The first kappa shape index (κ1) is 26.7. The first-order valence-corrected chi connectivity index (χ1v) is 10.6. The van der Waals surface area contributed by atoms with E-state index >= 15 is 0 Å². The fourth-order valence-corrected chi connectivity index (χ4v) is 3.19. The van der Waals surface area contributed by atoms with Crippen LogP contribution in [0.3, 0.4) is 0 Å². The Morgan fingerprint density at radius 2 is 1.13 bits per heavy atom. The molecule has 0 heterocycles. The molecular formula is C17H35KO4S. The van der Waals surface area contributed by atoms with Crippen LogP contribution in [0.15, 0.2) is 0 Å². The van der Waals surface area contributed by atoms with Gasteiger partial charge in [0, 0.05) is 5.75 Å². The number of hydrogen-bond donors (Lipinski definition) is 1. The summed E-state index contributed by atoms with van der Waals surface area (Å²) in [5.74, 6) is -0.206. The van der Waals surface area contributed by atoms with E-state index in [1.165, 1.54) is 44.9 Å². The summed E-state index contributed by atoms with van der Waals surface area (Å²) in [6.07, 6.45) is 15.3. The quantitative estimate of drug-likeness (QED) is 0.251.